The fraction of sp³-hybridized carbons (Fsp3) is 0.667. The van der Waals surface area contributed by atoms with Gasteiger partial charge in [0.2, 0.25) is 0 Å². The topological polar surface area (TPSA) is 9.23 Å². The lowest BCUT2D eigenvalue weighted by Crippen LogP contribution is -2.42. The molecule has 0 saturated carbocycles. The summed E-state index contributed by atoms with van der Waals surface area (Å²) in [6.45, 7) is 0. The van der Waals surface area contributed by atoms with Crippen molar-refractivity contribution in [1.29, 1.82) is 0 Å². The van der Waals surface area contributed by atoms with Gasteiger partial charge >= 0.3 is 36.0 Å². The Labute approximate surface area is 141 Å². The second-order valence-corrected chi connectivity index (χ2v) is 4.98. The molecule has 0 N–H and O–H groups in total. The zero-order valence-corrected chi connectivity index (χ0v) is 12.4. The van der Waals surface area contributed by atoms with Crippen molar-refractivity contribution < 1.29 is 66.2 Å². The Bertz CT molecular complexity index is 491. The largest absolute Gasteiger partial charge is 0.473 e. The predicted molar refractivity (Wildman–Crippen MR) is 60.5 cm³/mol. The van der Waals surface area contributed by atoms with Crippen molar-refractivity contribution in [3.05, 3.63) is 24.7 Å². The van der Waals surface area contributed by atoms with Gasteiger partial charge in [0.15, 0.2) is 0 Å². The molecule has 27 heavy (non-hydrogen) atoms. The second kappa shape index (κ2) is 7.73. The van der Waals surface area contributed by atoms with E-state index in [9.17, 15) is 61.5 Å². The molecule has 0 amide bonds. The average Bonchev–Trinajstić information content (AvgIpc) is 2.31. The van der Waals surface area contributed by atoms with Crippen molar-refractivity contribution in [2.24, 2.45) is 0 Å². The van der Waals surface area contributed by atoms with Crippen LogP contribution >= 0.6 is 0 Å². The maximum atomic E-state index is 12.9. The van der Waals surface area contributed by atoms with Crippen LogP contribution in [0.15, 0.2) is 24.7 Å². The summed E-state index contributed by atoms with van der Waals surface area (Å²) in [7, 11) is 0. The van der Waals surface area contributed by atoms with Gasteiger partial charge in [-0.2, -0.15) is 61.5 Å². The van der Waals surface area contributed by atoms with Gasteiger partial charge < -0.3 is 4.74 Å². The molecule has 160 valence electrons. The number of ether oxygens (including phenoxy) is 1. The summed E-state index contributed by atoms with van der Waals surface area (Å²) in [5, 5.41) is 0. The van der Waals surface area contributed by atoms with Crippen LogP contribution in [-0.2, 0) is 4.74 Å². The molecule has 0 aliphatic rings. The normalized spacial score (nSPS) is 15.8. The van der Waals surface area contributed by atoms with Crippen molar-refractivity contribution in [2.45, 2.75) is 48.9 Å². The molecule has 0 aromatic heterocycles. The zero-order chi connectivity index (χ0) is 21.9. The molecule has 0 aromatic rings. The average molecular weight is 434 g/mol. The Kier molecular flexibility index (Phi) is 7.25. The van der Waals surface area contributed by atoms with Crippen LogP contribution in [0.4, 0.5) is 61.5 Å². The van der Waals surface area contributed by atoms with Crippen LogP contribution in [-0.4, -0.2) is 36.0 Å². The first kappa shape index (κ1) is 25.3. The summed E-state index contributed by atoms with van der Waals surface area (Å²) >= 11 is 0. The van der Waals surface area contributed by atoms with Crippen molar-refractivity contribution in [3.63, 3.8) is 0 Å². The molecular weight excluding hydrogens is 426 g/mol. The molecule has 0 atom stereocenters. The third-order valence-electron chi connectivity index (χ3n) is 2.53. The molecule has 0 aliphatic heterocycles. The van der Waals surface area contributed by atoms with E-state index < -0.39 is 73.6 Å². The summed E-state index contributed by atoms with van der Waals surface area (Å²) in [6, 6.07) is 0. The minimum Gasteiger partial charge on any atom is -0.473 e. The van der Waals surface area contributed by atoms with E-state index in [2.05, 4.69) is 4.74 Å². The SMILES string of the molecule is FC(F)(F)CC(F)(F)C(F)(F)C=COC=CC(F)(F)C(F)(F)CC(F)(F)F. The van der Waals surface area contributed by atoms with E-state index in [1.807, 2.05) is 0 Å². The van der Waals surface area contributed by atoms with Gasteiger partial charge in [0, 0.05) is 12.2 Å². The fourth-order valence-electron chi connectivity index (χ4n) is 1.28. The molecule has 0 aromatic carbocycles. The lowest BCUT2D eigenvalue weighted by Gasteiger charge is -2.25. The summed E-state index contributed by atoms with van der Waals surface area (Å²) in [4.78, 5) is 0. The van der Waals surface area contributed by atoms with Gasteiger partial charge in [-0.05, 0) is 0 Å². The van der Waals surface area contributed by atoms with Crippen LogP contribution < -0.4 is 0 Å². The monoisotopic (exact) mass is 434 g/mol. The van der Waals surface area contributed by atoms with Gasteiger partial charge in [-0.1, -0.05) is 0 Å². The highest BCUT2D eigenvalue weighted by Crippen LogP contribution is 2.44. The second-order valence-electron chi connectivity index (χ2n) is 4.98. The van der Waals surface area contributed by atoms with E-state index in [1.165, 1.54) is 0 Å². The molecule has 15 heteroatoms. The van der Waals surface area contributed by atoms with Crippen LogP contribution in [0.2, 0.25) is 0 Å². The highest BCUT2D eigenvalue weighted by atomic mass is 19.4. The molecule has 0 bridgehead atoms. The fourth-order valence-corrected chi connectivity index (χ4v) is 1.28. The van der Waals surface area contributed by atoms with Gasteiger partial charge in [0.05, 0.1) is 12.5 Å². The molecule has 0 radical (unpaired) electrons. The standard InChI is InChI=1S/C12H8F14O/c13-7(14,9(17,18)5-11(21,22)23)1-3-27-4-2-8(15,16)10(19,20)6-12(24,25)26/h1-4H,5-6H2. The summed E-state index contributed by atoms with van der Waals surface area (Å²) in [6.07, 6.45) is -20.9. The number of rotatable bonds is 8. The van der Waals surface area contributed by atoms with E-state index in [0.717, 1.165) is 0 Å². The molecule has 0 saturated heterocycles. The Balaban J connectivity index is 5.03. The molecule has 0 spiro atoms. The molecule has 0 rings (SSSR count). The first-order chi connectivity index (χ1) is 11.6. The van der Waals surface area contributed by atoms with Gasteiger partial charge in [0.25, 0.3) is 0 Å². The number of alkyl halides is 14. The Morgan fingerprint density at radius 1 is 0.481 bits per heavy atom. The first-order valence-corrected chi connectivity index (χ1v) is 6.28. The van der Waals surface area contributed by atoms with E-state index in [1.54, 1.807) is 0 Å². The van der Waals surface area contributed by atoms with Crippen LogP contribution in [0.3, 0.4) is 0 Å². The maximum absolute atomic E-state index is 12.9. The lowest BCUT2D eigenvalue weighted by atomic mass is 10.1. The number of hydrogen-bond acceptors (Lipinski definition) is 1. The third kappa shape index (κ3) is 8.24. The number of allylic oxidation sites excluding steroid dienone is 2. The van der Waals surface area contributed by atoms with Crippen molar-refractivity contribution in [1.82, 2.24) is 0 Å². The maximum Gasteiger partial charge on any atom is 0.395 e. The molecular formula is C12H8F14O. The molecule has 0 fully saturated rings. The minimum atomic E-state index is -5.69. The molecule has 0 heterocycles. The van der Waals surface area contributed by atoms with Gasteiger partial charge in [-0.25, -0.2) is 0 Å². The summed E-state index contributed by atoms with van der Waals surface area (Å²) in [5.74, 6) is -22.3. The molecule has 0 unspecified atom stereocenters. The van der Waals surface area contributed by atoms with Crippen LogP contribution in [0.5, 0.6) is 0 Å². The van der Waals surface area contributed by atoms with Crippen LogP contribution in [0.25, 0.3) is 0 Å². The van der Waals surface area contributed by atoms with Gasteiger partial charge in [-0.15, -0.1) is 0 Å². The zero-order valence-electron chi connectivity index (χ0n) is 12.4. The predicted octanol–water partition coefficient (Wildman–Crippen LogP) is 6.48. The van der Waals surface area contributed by atoms with Crippen LogP contribution in [0.1, 0.15) is 12.8 Å². The van der Waals surface area contributed by atoms with E-state index in [-0.39, 0.29) is 0 Å². The van der Waals surface area contributed by atoms with E-state index >= 15 is 0 Å². The smallest absolute Gasteiger partial charge is 0.395 e. The van der Waals surface area contributed by atoms with Gasteiger partial charge in [0.1, 0.15) is 12.8 Å². The van der Waals surface area contributed by atoms with Crippen LogP contribution in [0, 0.1) is 0 Å². The minimum absolute atomic E-state index is 0.529. The lowest BCUT2D eigenvalue weighted by molar-refractivity contribution is -0.247. The van der Waals surface area contributed by atoms with E-state index in [0.29, 0.717) is 0 Å². The van der Waals surface area contributed by atoms with Gasteiger partial charge in [-0.3, -0.25) is 0 Å². The quantitative estimate of drug-likeness (QED) is 0.314. The van der Waals surface area contributed by atoms with Crippen molar-refractivity contribution in [3.8, 4) is 0 Å². The number of halogens is 14. The highest BCUT2D eigenvalue weighted by molar-refractivity contribution is 5.04. The molecule has 0 aliphatic carbocycles. The Morgan fingerprint density at radius 2 is 0.741 bits per heavy atom. The van der Waals surface area contributed by atoms with E-state index in [4.69, 9.17) is 0 Å². The van der Waals surface area contributed by atoms with Crippen molar-refractivity contribution >= 4 is 0 Å². The number of hydrogen-bond donors (Lipinski definition) is 0. The Morgan fingerprint density at radius 3 is 0.963 bits per heavy atom. The highest BCUT2D eigenvalue weighted by Gasteiger charge is 2.60. The van der Waals surface area contributed by atoms with Crippen molar-refractivity contribution in [2.75, 3.05) is 0 Å². The molecule has 1 nitrogen and oxygen atoms in total. The Hall–Kier alpha value is -1.70. The third-order valence-corrected chi connectivity index (χ3v) is 2.53. The first-order valence-electron chi connectivity index (χ1n) is 6.28. The summed E-state index contributed by atoms with van der Waals surface area (Å²) < 4.78 is 177. The summed E-state index contributed by atoms with van der Waals surface area (Å²) in [5.41, 5.74) is 0.